The van der Waals surface area contributed by atoms with Gasteiger partial charge in [-0.25, -0.2) is 29.9 Å². The zero-order valence-electron chi connectivity index (χ0n) is 23.5. The van der Waals surface area contributed by atoms with Crippen molar-refractivity contribution in [2.75, 3.05) is 0 Å². The summed E-state index contributed by atoms with van der Waals surface area (Å²) in [5, 5.41) is 7.85. The Morgan fingerprint density at radius 3 is 0.935 bits per heavy atom. The number of aromatic amines is 2. The number of aromatic nitrogens is 8. The predicted octanol–water partition coefficient (Wildman–Crippen LogP) is 5.60. The van der Waals surface area contributed by atoms with E-state index in [1.54, 1.807) is 0 Å². The fraction of sp³-hybridized carbons (Fsp3) is 0. The third kappa shape index (κ3) is 5.44. The van der Waals surface area contributed by atoms with E-state index in [2.05, 4.69) is 15.1 Å². The average Bonchev–Trinajstić information content (AvgIpc) is 3.76. The molecular weight excluding hydrogens is 681 g/mol. The van der Waals surface area contributed by atoms with Crippen LogP contribution in [-0.4, -0.2) is 48.6 Å². The predicted molar refractivity (Wildman–Crippen MR) is 169 cm³/mol. The standard InChI is InChI=1S/C32H18N8.Fe.H3NO2S.V/c1-2-10-18-17(9-1)25-33-26(18)38-28-21-13-5-6-14-22(21)30(35-28)40-32-24-16-8-7-15-23(24)31(36-32)39-29-20-12-4-3-11-19(20)27(34-29)37-25;;1-4(2)3;/h1-16H,(H2,33,34,35,36,37,38,39,40);;1H2,(H,2,3);/q;+2;;+2/p-1. The van der Waals surface area contributed by atoms with Crippen LogP contribution in [0.1, 0.15) is 0 Å². The van der Waals surface area contributed by atoms with Crippen LogP contribution in [0.15, 0.2) is 97.1 Å². The van der Waals surface area contributed by atoms with Gasteiger partial charge < -0.3 is 14.5 Å². The minimum atomic E-state index is -2.36. The van der Waals surface area contributed by atoms with E-state index in [9.17, 15) is 0 Å². The second kappa shape index (κ2) is 12.7. The fourth-order valence-corrected chi connectivity index (χ4v) is 5.59. The zero-order valence-corrected chi connectivity index (χ0v) is 26.8. The second-order valence-corrected chi connectivity index (χ2v) is 10.6. The molecule has 8 bridgehead atoms. The topological polar surface area (TPSA) is 175 Å². The van der Waals surface area contributed by atoms with Crippen LogP contribution in [0, 0.1) is 0 Å². The summed E-state index contributed by atoms with van der Waals surface area (Å²) >= 11 is -2.36. The smallest absolute Gasteiger partial charge is 0.760 e. The Morgan fingerprint density at radius 2 is 0.696 bits per heavy atom. The third-order valence-corrected chi connectivity index (χ3v) is 7.46. The van der Waals surface area contributed by atoms with Gasteiger partial charge in [0.15, 0.2) is 23.3 Å². The van der Waals surface area contributed by atoms with Gasteiger partial charge in [-0.1, -0.05) is 97.1 Å². The number of benzene rings is 4. The van der Waals surface area contributed by atoms with Gasteiger partial charge in [0.05, 0.1) is 0 Å². The van der Waals surface area contributed by atoms with Crippen LogP contribution in [-0.2, 0) is 46.9 Å². The van der Waals surface area contributed by atoms with Crippen LogP contribution >= 0.6 is 0 Å². The number of hydrogen-bond acceptors (Lipinski definition) is 8. The van der Waals surface area contributed by atoms with Crippen molar-refractivity contribution < 1.29 is 44.4 Å². The molecule has 2 aliphatic rings. The summed E-state index contributed by atoms with van der Waals surface area (Å²) in [6, 6.07) is 32.2. The van der Waals surface area contributed by atoms with Crippen molar-refractivity contribution in [1.82, 2.24) is 39.9 Å². The minimum absolute atomic E-state index is 0. The van der Waals surface area contributed by atoms with E-state index in [0.29, 0.717) is 45.9 Å². The number of nitrogens with zero attached hydrogens (tertiary/aromatic N) is 6. The first-order valence-electron chi connectivity index (χ1n) is 13.6. The summed E-state index contributed by atoms with van der Waals surface area (Å²) in [4.78, 5) is 36.8. The van der Waals surface area contributed by atoms with E-state index in [-0.39, 0.29) is 35.6 Å². The molecule has 0 saturated carbocycles. The van der Waals surface area contributed by atoms with Gasteiger partial charge in [-0.3, -0.25) is 9.35 Å². The second-order valence-electron chi connectivity index (χ2n) is 10.1. The normalized spacial score (nSPS) is 11.8. The fourth-order valence-electron chi connectivity index (χ4n) is 5.59. The van der Waals surface area contributed by atoms with E-state index in [0.717, 1.165) is 43.8 Å². The van der Waals surface area contributed by atoms with Gasteiger partial charge in [0.1, 0.15) is 22.6 Å². The van der Waals surface area contributed by atoms with Crippen LogP contribution in [0.25, 0.3) is 89.7 Å². The van der Waals surface area contributed by atoms with E-state index < -0.39 is 11.3 Å². The number of fused-ring (bicyclic) bond motifs is 20. The van der Waals surface area contributed by atoms with Crippen molar-refractivity contribution in [3.05, 3.63) is 97.1 Å². The first-order chi connectivity index (χ1) is 21.5. The van der Waals surface area contributed by atoms with Gasteiger partial charge in [0.25, 0.3) is 0 Å². The van der Waals surface area contributed by atoms with E-state index in [1.165, 1.54) is 0 Å². The largest absolute Gasteiger partial charge is 2.00 e. The molecule has 7 aromatic rings. The van der Waals surface area contributed by atoms with Gasteiger partial charge >= 0.3 is 35.6 Å². The summed E-state index contributed by atoms with van der Waals surface area (Å²) < 4.78 is 17.6. The molecule has 5 heterocycles. The van der Waals surface area contributed by atoms with Crippen LogP contribution in [0.4, 0.5) is 0 Å². The summed E-state index contributed by atoms with van der Waals surface area (Å²) in [7, 11) is 0. The molecule has 0 saturated heterocycles. The van der Waals surface area contributed by atoms with E-state index >= 15 is 0 Å². The quantitative estimate of drug-likeness (QED) is 0.135. The molecule has 0 aliphatic carbocycles. The number of nitrogens with one attached hydrogen (secondary N) is 2. The molecule has 4 N–H and O–H groups in total. The summed E-state index contributed by atoms with van der Waals surface area (Å²) in [6.45, 7) is 0. The van der Waals surface area contributed by atoms with Gasteiger partial charge in [-0.15, -0.1) is 0 Å². The maximum Gasteiger partial charge on any atom is 2.00 e. The maximum atomic E-state index is 8.78. The van der Waals surface area contributed by atoms with Crippen LogP contribution in [0.3, 0.4) is 0 Å². The van der Waals surface area contributed by atoms with E-state index in [4.69, 9.17) is 38.7 Å². The third-order valence-electron chi connectivity index (χ3n) is 7.46. The Bertz CT molecular complexity index is 2160. The Hall–Kier alpha value is -4.59. The molecule has 0 fully saturated rings. The first kappa shape index (κ1) is 31.4. The molecule has 1 radical (unpaired) electrons. The van der Waals surface area contributed by atoms with E-state index in [1.807, 2.05) is 97.1 Å². The van der Waals surface area contributed by atoms with Gasteiger partial charge in [-0.2, -0.15) is 0 Å². The maximum absolute atomic E-state index is 8.78. The molecule has 3 aromatic heterocycles. The number of rotatable bonds is 0. The van der Waals surface area contributed by atoms with Crippen molar-refractivity contribution in [3.63, 3.8) is 0 Å². The zero-order chi connectivity index (χ0) is 29.8. The average molecular weight is 701 g/mol. The van der Waals surface area contributed by atoms with Crippen LogP contribution in [0.5, 0.6) is 0 Å². The molecule has 11 nitrogen and oxygen atoms in total. The minimum Gasteiger partial charge on any atom is -0.760 e. The Kier molecular flexibility index (Phi) is 8.64. The molecule has 2 aliphatic heterocycles. The monoisotopic (exact) mass is 701 g/mol. The van der Waals surface area contributed by atoms with Crippen LogP contribution < -0.4 is 5.14 Å². The number of nitrogens with two attached hydrogens (primary N) is 1. The van der Waals surface area contributed by atoms with Gasteiger partial charge in [-0.05, 0) is 0 Å². The molecule has 1 unspecified atom stereocenters. The molecule has 9 rings (SSSR count). The summed E-state index contributed by atoms with van der Waals surface area (Å²) in [5.74, 6) is 2.39. The summed E-state index contributed by atoms with van der Waals surface area (Å²) in [5.41, 5.74) is 6.45. The van der Waals surface area contributed by atoms with Crippen molar-refractivity contribution >= 4 is 55.4 Å². The van der Waals surface area contributed by atoms with Gasteiger partial charge in [0, 0.05) is 55.1 Å². The molecule has 0 spiro atoms. The van der Waals surface area contributed by atoms with Crippen molar-refractivity contribution in [2.45, 2.75) is 0 Å². The van der Waals surface area contributed by atoms with Gasteiger partial charge in [0.2, 0.25) is 0 Å². The van der Waals surface area contributed by atoms with Crippen molar-refractivity contribution in [1.29, 1.82) is 0 Å². The molecule has 4 aromatic carbocycles. The Labute approximate surface area is 286 Å². The Morgan fingerprint density at radius 1 is 0.478 bits per heavy atom. The molecule has 0 amide bonds. The summed E-state index contributed by atoms with van der Waals surface area (Å²) in [6.07, 6.45) is 0. The number of hydrogen-bond donors (Lipinski definition) is 3. The molecular formula is C32H20FeN9O2SV+3. The van der Waals surface area contributed by atoms with Crippen LogP contribution in [0.2, 0.25) is 0 Å². The number of H-pyrrole nitrogens is 2. The SMILES string of the molecule is NS(=O)[O-].[Fe+2].[V+2].c1ccc2c(c1)-c1nc-2nc2[nH]c(nc3nc(nc4[nH]c(n1)c1ccccc41)-c1ccccc1-3)c1ccccc21. The molecule has 221 valence electrons. The molecule has 14 heteroatoms. The first-order valence-corrected chi connectivity index (χ1v) is 14.7. The molecule has 46 heavy (non-hydrogen) atoms. The molecule has 1 atom stereocenters. The Balaban J connectivity index is 0.000000588. The van der Waals surface area contributed by atoms with Crippen molar-refractivity contribution in [2.24, 2.45) is 5.14 Å². The van der Waals surface area contributed by atoms with Crippen molar-refractivity contribution in [3.8, 4) is 45.6 Å².